The van der Waals surface area contributed by atoms with Crippen molar-refractivity contribution in [3.05, 3.63) is 42.0 Å². The Morgan fingerprint density at radius 3 is 2.94 bits per heavy atom. The topological polar surface area (TPSA) is 64.1 Å². The van der Waals surface area contributed by atoms with Crippen LogP contribution in [0.4, 0.5) is 11.5 Å². The van der Waals surface area contributed by atoms with E-state index in [1.165, 1.54) is 0 Å². The van der Waals surface area contributed by atoms with E-state index in [0.717, 1.165) is 22.8 Å². The van der Waals surface area contributed by atoms with Gasteiger partial charge in [0.15, 0.2) is 0 Å². The maximum absolute atomic E-state index is 5.81. The molecule has 0 saturated heterocycles. The second-order valence-corrected chi connectivity index (χ2v) is 3.81. The molecule has 0 aliphatic carbocycles. The average Bonchev–Trinajstić information content (AvgIpc) is 2.77. The van der Waals surface area contributed by atoms with Crippen LogP contribution in [0.15, 0.2) is 35.1 Å². The van der Waals surface area contributed by atoms with Gasteiger partial charge in [0.2, 0.25) is 0 Å². The lowest BCUT2D eigenvalue weighted by atomic mass is 10.2. The molecular weight excluding hydrogens is 202 g/mol. The van der Waals surface area contributed by atoms with Gasteiger partial charge < -0.3 is 15.5 Å². The number of furan rings is 1. The molecule has 0 fully saturated rings. The highest BCUT2D eigenvalue weighted by Gasteiger charge is 2.08. The van der Waals surface area contributed by atoms with Crippen molar-refractivity contribution < 1.29 is 4.42 Å². The van der Waals surface area contributed by atoms with Crippen LogP contribution in [0, 0.1) is 6.92 Å². The number of nitrogen functional groups attached to an aromatic ring is 1. The number of nitrogens with zero attached hydrogens (tertiary/aromatic N) is 1. The second-order valence-electron chi connectivity index (χ2n) is 3.81. The minimum Gasteiger partial charge on any atom is -0.467 e. The van der Waals surface area contributed by atoms with Gasteiger partial charge in [0, 0.05) is 18.0 Å². The number of aryl methyl sites for hydroxylation is 1. The fourth-order valence-electron chi connectivity index (χ4n) is 1.45. The highest BCUT2D eigenvalue weighted by Crippen LogP contribution is 2.20. The first-order valence-corrected chi connectivity index (χ1v) is 5.19. The van der Waals surface area contributed by atoms with Crippen molar-refractivity contribution in [2.24, 2.45) is 0 Å². The van der Waals surface area contributed by atoms with E-state index in [9.17, 15) is 0 Å². The Bertz CT molecular complexity index is 465. The fraction of sp³-hybridized carbons (Fsp3) is 0.250. The highest BCUT2D eigenvalue weighted by atomic mass is 16.3. The summed E-state index contributed by atoms with van der Waals surface area (Å²) in [5.41, 5.74) is 7.53. The molecule has 2 aromatic rings. The monoisotopic (exact) mass is 217 g/mol. The van der Waals surface area contributed by atoms with Crippen molar-refractivity contribution >= 4 is 11.5 Å². The molecular formula is C12H15N3O. The van der Waals surface area contributed by atoms with E-state index in [4.69, 9.17) is 10.2 Å². The van der Waals surface area contributed by atoms with E-state index in [1.54, 1.807) is 12.5 Å². The van der Waals surface area contributed by atoms with E-state index >= 15 is 0 Å². The summed E-state index contributed by atoms with van der Waals surface area (Å²) in [7, 11) is 0. The summed E-state index contributed by atoms with van der Waals surface area (Å²) in [6.45, 7) is 3.94. The van der Waals surface area contributed by atoms with E-state index in [1.807, 2.05) is 32.0 Å². The Labute approximate surface area is 94.5 Å². The highest BCUT2D eigenvalue weighted by molar-refractivity contribution is 5.53. The van der Waals surface area contributed by atoms with Crippen LogP contribution in [-0.2, 0) is 0 Å². The third-order valence-electron chi connectivity index (χ3n) is 2.48. The fourth-order valence-corrected chi connectivity index (χ4v) is 1.45. The van der Waals surface area contributed by atoms with Crippen LogP contribution in [0.2, 0.25) is 0 Å². The van der Waals surface area contributed by atoms with E-state index < -0.39 is 0 Å². The van der Waals surface area contributed by atoms with Crippen molar-refractivity contribution in [3.8, 4) is 0 Å². The number of pyridine rings is 1. The van der Waals surface area contributed by atoms with Crippen molar-refractivity contribution in [3.63, 3.8) is 0 Å². The Hall–Kier alpha value is -1.97. The summed E-state index contributed by atoms with van der Waals surface area (Å²) in [5, 5.41) is 3.23. The first kappa shape index (κ1) is 10.5. The third-order valence-corrected chi connectivity index (χ3v) is 2.48. The van der Waals surface area contributed by atoms with Gasteiger partial charge in [-0.2, -0.15) is 0 Å². The third kappa shape index (κ3) is 2.16. The molecule has 1 atom stereocenters. The van der Waals surface area contributed by atoms with Crippen LogP contribution in [-0.4, -0.2) is 4.98 Å². The zero-order valence-electron chi connectivity index (χ0n) is 9.40. The number of rotatable bonds is 3. The molecule has 0 spiro atoms. The van der Waals surface area contributed by atoms with E-state index in [2.05, 4.69) is 10.3 Å². The molecule has 1 unspecified atom stereocenters. The van der Waals surface area contributed by atoms with E-state index in [0.29, 0.717) is 0 Å². The van der Waals surface area contributed by atoms with Crippen molar-refractivity contribution in [1.82, 2.24) is 4.98 Å². The molecule has 0 aliphatic heterocycles. The quantitative estimate of drug-likeness (QED) is 0.829. The number of nitrogens with one attached hydrogen (secondary N) is 1. The van der Waals surface area contributed by atoms with Gasteiger partial charge in [-0.05, 0) is 31.5 Å². The van der Waals surface area contributed by atoms with Gasteiger partial charge in [-0.25, -0.2) is 4.98 Å². The number of anilines is 2. The Morgan fingerprint density at radius 1 is 1.50 bits per heavy atom. The molecule has 4 nitrogen and oxygen atoms in total. The minimum absolute atomic E-state index is 0.0737. The normalized spacial score (nSPS) is 12.4. The Morgan fingerprint density at radius 2 is 2.31 bits per heavy atom. The predicted molar refractivity (Wildman–Crippen MR) is 64.1 cm³/mol. The molecule has 0 bridgehead atoms. The standard InChI is InChI=1S/C12H15N3O/c1-8-7-14-12(6-10(8)13)15-9(2)11-4-3-5-16-11/h3-7,9H,1-2H3,(H3,13,14,15). The number of hydrogen-bond acceptors (Lipinski definition) is 4. The van der Waals surface area contributed by atoms with Gasteiger partial charge >= 0.3 is 0 Å². The van der Waals surface area contributed by atoms with Crippen LogP contribution in [0.25, 0.3) is 0 Å². The molecule has 16 heavy (non-hydrogen) atoms. The van der Waals surface area contributed by atoms with Crippen LogP contribution in [0.3, 0.4) is 0 Å². The largest absolute Gasteiger partial charge is 0.467 e. The maximum atomic E-state index is 5.81. The summed E-state index contributed by atoms with van der Waals surface area (Å²) in [6.07, 6.45) is 3.41. The maximum Gasteiger partial charge on any atom is 0.128 e. The van der Waals surface area contributed by atoms with Crippen LogP contribution in [0.1, 0.15) is 24.3 Å². The average molecular weight is 217 g/mol. The summed E-state index contributed by atoms with van der Waals surface area (Å²) >= 11 is 0. The summed E-state index contributed by atoms with van der Waals surface area (Å²) < 4.78 is 5.30. The first-order chi connectivity index (χ1) is 7.66. The van der Waals surface area contributed by atoms with Gasteiger partial charge in [0.1, 0.15) is 11.6 Å². The van der Waals surface area contributed by atoms with Gasteiger partial charge in [-0.15, -0.1) is 0 Å². The smallest absolute Gasteiger partial charge is 0.128 e. The van der Waals surface area contributed by atoms with Gasteiger partial charge in [-0.1, -0.05) is 0 Å². The predicted octanol–water partition coefficient (Wildman–Crippen LogP) is 2.74. The van der Waals surface area contributed by atoms with Gasteiger partial charge in [0.25, 0.3) is 0 Å². The summed E-state index contributed by atoms with van der Waals surface area (Å²) in [5.74, 6) is 1.63. The lowest BCUT2D eigenvalue weighted by Crippen LogP contribution is -2.07. The number of nitrogens with two attached hydrogens (primary N) is 1. The molecule has 2 rings (SSSR count). The summed E-state index contributed by atoms with van der Waals surface area (Å²) in [4.78, 5) is 4.26. The second kappa shape index (κ2) is 4.26. The molecule has 0 radical (unpaired) electrons. The Kier molecular flexibility index (Phi) is 2.81. The molecule has 2 heterocycles. The lowest BCUT2D eigenvalue weighted by molar-refractivity contribution is 0.490. The molecule has 0 saturated carbocycles. The van der Waals surface area contributed by atoms with Gasteiger partial charge in [0.05, 0.1) is 12.3 Å². The molecule has 3 N–H and O–H groups in total. The van der Waals surface area contributed by atoms with Crippen molar-refractivity contribution in [2.75, 3.05) is 11.1 Å². The zero-order chi connectivity index (χ0) is 11.5. The molecule has 84 valence electrons. The van der Waals surface area contributed by atoms with Crippen molar-refractivity contribution in [1.29, 1.82) is 0 Å². The minimum atomic E-state index is 0.0737. The molecule has 0 aromatic carbocycles. The molecule has 4 heteroatoms. The SMILES string of the molecule is Cc1cnc(NC(C)c2ccco2)cc1N. The molecule has 0 aliphatic rings. The van der Waals surface area contributed by atoms with Crippen molar-refractivity contribution in [2.45, 2.75) is 19.9 Å². The molecule has 2 aromatic heterocycles. The van der Waals surface area contributed by atoms with Crippen LogP contribution in [0.5, 0.6) is 0 Å². The van der Waals surface area contributed by atoms with E-state index in [-0.39, 0.29) is 6.04 Å². The van der Waals surface area contributed by atoms with Gasteiger partial charge in [-0.3, -0.25) is 0 Å². The van der Waals surface area contributed by atoms with Crippen LogP contribution < -0.4 is 11.1 Å². The summed E-state index contributed by atoms with van der Waals surface area (Å²) in [6, 6.07) is 5.69. The zero-order valence-corrected chi connectivity index (χ0v) is 9.40. The first-order valence-electron chi connectivity index (χ1n) is 5.19. The number of aromatic nitrogens is 1. The number of hydrogen-bond donors (Lipinski definition) is 2. The van der Waals surface area contributed by atoms with Crippen LogP contribution >= 0.6 is 0 Å². The molecule has 0 amide bonds. The lowest BCUT2D eigenvalue weighted by Gasteiger charge is -2.12. The Balaban J connectivity index is 2.12.